The number of anilines is 1. The van der Waals surface area contributed by atoms with E-state index in [2.05, 4.69) is 34.0 Å². The quantitative estimate of drug-likeness (QED) is 0.909. The lowest BCUT2D eigenvalue weighted by Crippen LogP contribution is -2.32. The second kappa shape index (κ2) is 6.13. The third kappa shape index (κ3) is 2.84. The number of pyridine rings is 1. The summed E-state index contributed by atoms with van der Waals surface area (Å²) in [7, 11) is 0. The van der Waals surface area contributed by atoms with Gasteiger partial charge in [0.05, 0.1) is 17.4 Å². The smallest absolute Gasteiger partial charge is 0.129 e. The van der Waals surface area contributed by atoms with E-state index in [4.69, 9.17) is 15.8 Å². The summed E-state index contributed by atoms with van der Waals surface area (Å²) < 4.78 is 2.21. The normalized spacial score (nSPS) is 26.0. The van der Waals surface area contributed by atoms with Gasteiger partial charge >= 0.3 is 0 Å². The molecule has 2 aromatic heterocycles. The van der Waals surface area contributed by atoms with Crippen LogP contribution in [0.5, 0.6) is 0 Å². The van der Waals surface area contributed by atoms with Crippen LogP contribution in [0.25, 0.3) is 11.3 Å². The average Bonchev–Trinajstić information content (AvgIpc) is 3.12. The first-order valence-electron chi connectivity index (χ1n) is 9.83. The van der Waals surface area contributed by atoms with Crippen LogP contribution in [0.2, 0.25) is 0 Å². The Hall–Kier alpha value is -1.88. The molecule has 2 aromatic rings. The first kappa shape index (κ1) is 15.4. The molecule has 5 heteroatoms. The minimum absolute atomic E-state index is 0.529. The minimum Gasteiger partial charge on any atom is -0.357 e. The van der Waals surface area contributed by atoms with Gasteiger partial charge in [0.15, 0.2) is 0 Å². The van der Waals surface area contributed by atoms with Crippen molar-refractivity contribution in [1.29, 1.82) is 0 Å². The van der Waals surface area contributed by atoms with Gasteiger partial charge in [-0.1, -0.05) is 6.07 Å². The van der Waals surface area contributed by atoms with E-state index < -0.39 is 0 Å². The summed E-state index contributed by atoms with van der Waals surface area (Å²) in [5.41, 5.74) is 9.40. The summed E-state index contributed by atoms with van der Waals surface area (Å²) in [5, 5.41) is 4.99. The summed E-state index contributed by atoms with van der Waals surface area (Å²) in [6.45, 7) is 3.07. The molecular weight excluding hydrogens is 310 g/mol. The highest BCUT2D eigenvalue weighted by atomic mass is 15.3. The molecule has 0 unspecified atom stereocenters. The van der Waals surface area contributed by atoms with Crippen LogP contribution in [0.4, 0.5) is 5.82 Å². The van der Waals surface area contributed by atoms with Gasteiger partial charge in [-0.05, 0) is 63.1 Å². The molecule has 25 heavy (non-hydrogen) atoms. The van der Waals surface area contributed by atoms with E-state index >= 15 is 0 Å². The molecule has 2 saturated carbocycles. The molecule has 3 fully saturated rings. The topological polar surface area (TPSA) is 60.0 Å². The Balaban J connectivity index is 1.46. The van der Waals surface area contributed by atoms with Crippen molar-refractivity contribution in [1.82, 2.24) is 14.8 Å². The lowest BCUT2D eigenvalue weighted by molar-refractivity contribution is 0.189. The van der Waals surface area contributed by atoms with Crippen molar-refractivity contribution in [3.63, 3.8) is 0 Å². The van der Waals surface area contributed by atoms with Gasteiger partial charge in [0.25, 0.3) is 0 Å². The molecule has 2 N–H and O–H groups in total. The van der Waals surface area contributed by atoms with E-state index in [0.717, 1.165) is 31.1 Å². The van der Waals surface area contributed by atoms with E-state index in [1.165, 1.54) is 49.8 Å². The Labute approximate surface area is 149 Å². The molecule has 0 atom stereocenters. The molecule has 3 heterocycles. The molecule has 5 nitrogen and oxygen atoms in total. The molecular formula is C20H27N5. The van der Waals surface area contributed by atoms with E-state index in [-0.39, 0.29) is 0 Å². The first-order chi connectivity index (χ1) is 12.3. The Kier molecular flexibility index (Phi) is 3.77. The standard InChI is InChI=1S/C20H27N5/c21-12-14-10-16(11-14)25-13-17(20(23-25)15-6-7-15)18-4-3-5-19(22-18)24-8-1-2-9-24/h3-5,13-16H,1-2,6-12,21H2/t14-,16-. The fourth-order valence-electron chi connectivity index (χ4n) is 4.25. The molecule has 0 bridgehead atoms. The number of hydrogen-bond donors (Lipinski definition) is 1. The number of nitrogens with zero attached hydrogens (tertiary/aromatic N) is 4. The monoisotopic (exact) mass is 337 g/mol. The molecule has 0 aromatic carbocycles. The predicted octanol–water partition coefficient (Wildman–Crippen LogP) is 3.33. The molecule has 132 valence electrons. The van der Waals surface area contributed by atoms with Crippen LogP contribution < -0.4 is 10.6 Å². The summed E-state index contributed by atoms with van der Waals surface area (Å²) in [5.74, 6) is 2.44. The van der Waals surface area contributed by atoms with E-state index in [9.17, 15) is 0 Å². The van der Waals surface area contributed by atoms with Gasteiger partial charge in [0.1, 0.15) is 5.82 Å². The zero-order chi connectivity index (χ0) is 16.8. The van der Waals surface area contributed by atoms with Crippen molar-refractivity contribution in [3.8, 4) is 11.3 Å². The summed E-state index contributed by atoms with van der Waals surface area (Å²) in [6.07, 6.45) is 9.69. The Morgan fingerprint density at radius 2 is 1.92 bits per heavy atom. The number of rotatable bonds is 5. The largest absolute Gasteiger partial charge is 0.357 e. The fraction of sp³-hybridized carbons (Fsp3) is 0.600. The third-order valence-electron chi connectivity index (χ3n) is 6.08. The van der Waals surface area contributed by atoms with Crippen molar-refractivity contribution in [2.45, 2.75) is 50.5 Å². The van der Waals surface area contributed by atoms with Crippen LogP contribution in [-0.4, -0.2) is 34.4 Å². The molecule has 0 amide bonds. The van der Waals surface area contributed by atoms with E-state index in [0.29, 0.717) is 17.9 Å². The van der Waals surface area contributed by atoms with Crippen molar-refractivity contribution >= 4 is 5.82 Å². The first-order valence-corrected chi connectivity index (χ1v) is 9.83. The van der Waals surface area contributed by atoms with Gasteiger partial charge in [0, 0.05) is 30.8 Å². The van der Waals surface area contributed by atoms with Gasteiger partial charge < -0.3 is 10.6 Å². The van der Waals surface area contributed by atoms with Crippen LogP contribution in [0.3, 0.4) is 0 Å². The zero-order valence-corrected chi connectivity index (χ0v) is 14.8. The number of nitrogens with two attached hydrogens (primary N) is 1. The maximum atomic E-state index is 5.79. The average molecular weight is 337 g/mol. The molecule has 1 saturated heterocycles. The minimum atomic E-state index is 0.529. The number of hydrogen-bond acceptors (Lipinski definition) is 4. The summed E-state index contributed by atoms with van der Waals surface area (Å²) in [4.78, 5) is 7.40. The van der Waals surface area contributed by atoms with Crippen LogP contribution in [-0.2, 0) is 0 Å². The van der Waals surface area contributed by atoms with Crippen molar-refractivity contribution in [3.05, 3.63) is 30.1 Å². The zero-order valence-electron chi connectivity index (χ0n) is 14.8. The lowest BCUT2D eigenvalue weighted by Gasteiger charge is -2.34. The highest BCUT2D eigenvalue weighted by molar-refractivity contribution is 5.65. The highest BCUT2D eigenvalue weighted by Gasteiger charge is 2.34. The fourth-order valence-corrected chi connectivity index (χ4v) is 4.25. The van der Waals surface area contributed by atoms with Gasteiger partial charge in [-0.3, -0.25) is 4.68 Å². The van der Waals surface area contributed by atoms with Crippen molar-refractivity contribution in [2.75, 3.05) is 24.5 Å². The molecule has 3 aliphatic rings. The van der Waals surface area contributed by atoms with Gasteiger partial charge in [0.2, 0.25) is 0 Å². The van der Waals surface area contributed by atoms with E-state index in [1.807, 2.05) is 0 Å². The third-order valence-corrected chi connectivity index (χ3v) is 6.08. The van der Waals surface area contributed by atoms with Crippen LogP contribution in [0.1, 0.15) is 56.2 Å². The van der Waals surface area contributed by atoms with Gasteiger partial charge in [-0.25, -0.2) is 4.98 Å². The lowest BCUT2D eigenvalue weighted by atomic mass is 9.80. The maximum absolute atomic E-state index is 5.79. The predicted molar refractivity (Wildman–Crippen MR) is 99.7 cm³/mol. The molecule has 0 spiro atoms. The molecule has 2 aliphatic carbocycles. The second-order valence-electron chi connectivity index (χ2n) is 7.98. The maximum Gasteiger partial charge on any atom is 0.129 e. The van der Waals surface area contributed by atoms with Crippen LogP contribution in [0.15, 0.2) is 24.4 Å². The molecule has 5 rings (SSSR count). The van der Waals surface area contributed by atoms with Crippen molar-refractivity contribution < 1.29 is 0 Å². The van der Waals surface area contributed by atoms with Crippen LogP contribution in [0, 0.1) is 5.92 Å². The SMILES string of the molecule is NC[C@H]1C[C@H](n2cc(-c3cccc(N4CCCC4)n3)c(C3CC3)n2)C1. The van der Waals surface area contributed by atoms with Gasteiger partial charge in [-0.2, -0.15) is 5.10 Å². The Morgan fingerprint density at radius 1 is 1.12 bits per heavy atom. The van der Waals surface area contributed by atoms with Gasteiger partial charge in [-0.15, -0.1) is 0 Å². The molecule has 0 radical (unpaired) electrons. The Bertz CT molecular complexity index is 751. The second-order valence-corrected chi connectivity index (χ2v) is 7.98. The highest BCUT2D eigenvalue weighted by Crippen LogP contribution is 2.45. The van der Waals surface area contributed by atoms with Crippen LogP contribution >= 0.6 is 0 Å². The Morgan fingerprint density at radius 3 is 2.64 bits per heavy atom. The summed E-state index contributed by atoms with van der Waals surface area (Å²) >= 11 is 0. The number of aromatic nitrogens is 3. The molecule has 1 aliphatic heterocycles. The van der Waals surface area contributed by atoms with Crippen molar-refractivity contribution in [2.24, 2.45) is 11.7 Å². The summed E-state index contributed by atoms with van der Waals surface area (Å²) in [6, 6.07) is 6.98. The van der Waals surface area contributed by atoms with E-state index in [1.54, 1.807) is 0 Å².